The summed E-state index contributed by atoms with van der Waals surface area (Å²) in [6, 6.07) is 12.8. The van der Waals surface area contributed by atoms with E-state index in [1.54, 1.807) is 11.6 Å². The molecule has 0 aliphatic carbocycles. The maximum atomic E-state index is 13.0. The molecule has 160 valence electrons. The summed E-state index contributed by atoms with van der Waals surface area (Å²) < 4.78 is 40.6. The summed E-state index contributed by atoms with van der Waals surface area (Å²) in [4.78, 5) is 13.4. The summed E-state index contributed by atoms with van der Waals surface area (Å²) in [6.07, 6.45) is 4.14. The molecule has 1 saturated heterocycles. The molecule has 0 saturated carbocycles. The zero-order valence-electron chi connectivity index (χ0n) is 16.3. The number of carbonyl (C=O) groups excluding carboxylic acids is 1. The Hall–Kier alpha value is -2.75. The summed E-state index contributed by atoms with van der Waals surface area (Å²) >= 11 is 0. The van der Waals surface area contributed by atoms with Gasteiger partial charge in [0.15, 0.2) is 0 Å². The molecule has 1 amide bonds. The van der Waals surface area contributed by atoms with Crippen molar-refractivity contribution < 1.29 is 22.8 Å². The minimum atomic E-state index is -3.53. The predicted molar refractivity (Wildman–Crippen MR) is 113 cm³/mol. The van der Waals surface area contributed by atoms with Crippen LogP contribution in [0.4, 0.5) is 10.1 Å². The van der Waals surface area contributed by atoms with Gasteiger partial charge in [-0.15, -0.1) is 0 Å². The molecule has 2 aromatic rings. The van der Waals surface area contributed by atoms with Gasteiger partial charge >= 0.3 is 0 Å². The van der Waals surface area contributed by atoms with Crippen LogP contribution >= 0.6 is 0 Å². The second-order valence-electron chi connectivity index (χ2n) is 7.13. The minimum absolute atomic E-state index is 0.172. The Kier molecular flexibility index (Phi) is 7.20. The van der Waals surface area contributed by atoms with Crippen molar-refractivity contribution >= 4 is 27.7 Å². The third kappa shape index (κ3) is 6.12. The lowest BCUT2D eigenvalue weighted by atomic mass is 10.0. The Morgan fingerprint density at radius 2 is 1.80 bits per heavy atom. The van der Waals surface area contributed by atoms with E-state index < -0.39 is 21.7 Å². The molecule has 3 N–H and O–H groups in total. The van der Waals surface area contributed by atoms with Gasteiger partial charge < -0.3 is 4.90 Å². The number of rotatable bonds is 7. The molecule has 1 aliphatic rings. The van der Waals surface area contributed by atoms with Crippen molar-refractivity contribution in [3.05, 3.63) is 71.6 Å². The second-order valence-corrected chi connectivity index (χ2v) is 8.89. The van der Waals surface area contributed by atoms with Crippen molar-refractivity contribution in [2.75, 3.05) is 18.0 Å². The first-order valence-electron chi connectivity index (χ1n) is 9.57. The van der Waals surface area contributed by atoms with Gasteiger partial charge in [-0.2, -0.15) is 0 Å². The average molecular weight is 434 g/mol. The molecule has 3 rings (SSSR count). The van der Waals surface area contributed by atoms with Crippen LogP contribution in [-0.4, -0.2) is 38.7 Å². The topological polar surface area (TPSA) is 98.7 Å². The van der Waals surface area contributed by atoms with Crippen LogP contribution in [0.15, 0.2) is 54.6 Å². The number of hydroxylamine groups is 1. The van der Waals surface area contributed by atoms with Crippen LogP contribution in [-0.2, 0) is 20.6 Å². The second kappa shape index (κ2) is 9.84. The summed E-state index contributed by atoms with van der Waals surface area (Å²) in [5, 5.41) is 8.62. The number of carbonyl (C=O) groups is 1. The number of nitrogens with one attached hydrogen (secondary N) is 2. The van der Waals surface area contributed by atoms with Gasteiger partial charge in [-0.1, -0.05) is 30.3 Å². The lowest BCUT2D eigenvalue weighted by Crippen LogP contribution is -2.45. The monoisotopic (exact) mass is 433 g/mol. The Balaban J connectivity index is 1.59. The Morgan fingerprint density at radius 3 is 2.47 bits per heavy atom. The Labute approximate surface area is 175 Å². The first kappa shape index (κ1) is 21.9. The molecule has 2 aromatic carbocycles. The molecular formula is C21H24FN3O4S. The maximum absolute atomic E-state index is 13.0. The van der Waals surface area contributed by atoms with E-state index in [0.29, 0.717) is 31.5 Å². The number of hydrogen-bond acceptors (Lipinski definition) is 5. The van der Waals surface area contributed by atoms with E-state index in [0.717, 1.165) is 11.3 Å². The zero-order valence-corrected chi connectivity index (χ0v) is 17.1. The molecule has 1 aliphatic heterocycles. The average Bonchev–Trinajstić information content (AvgIpc) is 2.74. The normalized spacial score (nSPS) is 15.5. The highest BCUT2D eigenvalue weighted by atomic mass is 32.2. The lowest BCUT2D eigenvalue weighted by molar-refractivity contribution is -0.124. The summed E-state index contributed by atoms with van der Waals surface area (Å²) in [6.45, 7) is 1.31. The molecule has 0 unspecified atom stereocenters. The van der Waals surface area contributed by atoms with Crippen LogP contribution in [0.2, 0.25) is 0 Å². The van der Waals surface area contributed by atoms with Crippen LogP contribution < -0.4 is 15.1 Å². The van der Waals surface area contributed by atoms with Gasteiger partial charge in [-0.25, -0.2) is 23.0 Å². The standard InChI is InChI=1S/C21H24FN3O4S/c22-18-8-5-16(6-9-18)15-30(28,29)24-19-11-13-25(14-12-19)20-4-2-1-3-17(20)7-10-21(26)23-27/h1-10,19,24,27H,11-15H2,(H,23,26). The van der Waals surface area contributed by atoms with Crippen molar-refractivity contribution in [3.63, 3.8) is 0 Å². The van der Waals surface area contributed by atoms with Gasteiger partial charge in [0.2, 0.25) is 10.0 Å². The van der Waals surface area contributed by atoms with Crippen LogP contribution in [0, 0.1) is 5.82 Å². The predicted octanol–water partition coefficient (Wildman–Crippen LogP) is 2.43. The summed E-state index contributed by atoms with van der Waals surface area (Å²) in [5.41, 5.74) is 3.86. The van der Waals surface area contributed by atoms with Crippen LogP contribution in [0.25, 0.3) is 6.08 Å². The molecular weight excluding hydrogens is 409 g/mol. The highest BCUT2D eigenvalue weighted by molar-refractivity contribution is 7.88. The minimum Gasteiger partial charge on any atom is -0.371 e. The van der Waals surface area contributed by atoms with E-state index >= 15 is 0 Å². The van der Waals surface area contributed by atoms with Gasteiger partial charge in [0.1, 0.15) is 5.82 Å². The fourth-order valence-electron chi connectivity index (χ4n) is 3.45. The number of hydrogen-bond donors (Lipinski definition) is 3. The molecule has 0 aromatic heterocycles. The van der Waals surface area contributed by atoms with Crippen molar-refractivity contribution in [3.8, 4) is 0 Å². The molecule has 30 heavy (non-hydrogen) atoms. The third-order valence-corrected chi connectivity index (χ3v) is 6.32. The molecule has 0 bridgehead atoms. The number of para-hydroxylation sites is 1. The number of nitrogens with zero attached hydrogens (tertiary/aromatic N) is 1. The SMILES string of the molecule is O=C(C=Cc1ccccc1N1CCC(NS(=O)(=O)Cc2ccc(F)cc2)CC1)NO. The van der Waals surface area contributed by atoms with Gasteiger partial charge in [0.25, 0.3) is 5.91 Å². The van der Waals surface area contributed by atoms with Crippen LogP contribution in [0.1, 0.15) is 24.0 Å². The van der Waals surface area contributed by atoms with E-state index in [-0.39, 0.29) is 11.8 Å². The first-order valence-corrected chi connectivity index (χ1v) is 11.2. The number of sulfonamides is 1. The Bertz CT molecular complexity index is 1000. The van der Waals surface area contributed by atoms with Gasteiger partial charge in [-0.3, -0.25) is 10.0 Å². The molecule has 7 nitrogen and oxygen atoms in total. The zero-order chi connectivity index (χ0) is 21.6. The van der Waals surface area contributed by atoms with E-state index in [1.807, 2.05) is 24.3 Å². The van der Waals surface area contributed by atoms with Gasteiger partial charge in [-0.05, 0) is 48.2 Å². The highest BCUT2D eigenvalue weighted by Gasteiger charge is 2.24. The largest absolute Gasteiger partial charge is 0.371 e. The highest BCUT2D eigenvalue weighted by Crippen LogP contribution is 2.25. The molecule has 0 atom stereocenters. The number of halogens is 1. The number of anilines is 1. The van der Waals surface area contributed by atoms with E-state index in [9.17, 15) is 17.6 Å². The molecule has 1 fully saturated rings. The number of piperidine rings is 1. The first-order chi connectivity index (χ1) is 14.4. The lowest BCUT2D eigenvalue weighted by Gasteiger charge is -2.34. The summed E-state index contributed by atoms with van der Waals surface area (Å²) in [7, 11) is -3.53. The Morgan fingerprint density at radius 1 is 1.13 bits per heavy atom. The van der Waals surface area contributed by atoms with Gasteiger partial charge in [0, 0.05) is 30.9 Å². The van der Waals surface area contributed by atoms with E-state index in [2.05, 4.69) is 9.62 Å². The smallest absolute Gasteiger partial charge is 0.267 e. The maximum Gasteiger partial charge on any atom is 0.267 e. The van der Waals surface area contributed by atoms with Crippen molar-refractivity contribution in [1.29, 1.82) is 0 Å². The van der Waals surface area contributed by atoms with Crippen molar-refractivity contribution in [2.24, 2.45) is 0 Å². The fourth-order valence-corrected chi connectivity index (χ4v) is 4.91. The van der Waals surface area contributed by atoms with Crippen LogP contribution in [0.3, 0.4) is 0 Å². The third-order valence-electron chi connectivity index (χ3n) is 4.91. The number of benzene rings is 2. The van der Waals surface area contributed by atoms with Crippen molar-refractivity contribution in [2.45, 2.75) is 24.6 Å². The summed E-state index contributed by atoms with van der Waals surface area (Å²) in [5.74, 6) is -1.20. The van der Waals surface area contributed by atoms with E-state index in [1.165, 1.54) is 30.3 Å². The molecule has 1 heterocycles. The number of amides is 1. The fraction of sp³-hybridized carbons (Fsp3) is 0.286. The quantitative estimate of drug-likeness (QED) is 0.354. The molecule has 0 radical (unpaired) electrons. The van der Waals surface area contributed by atoms with E-state index in [4.69, 9.17) is 5.21 Å². The van der Waals surface area contributed by atoms with Crippen LogP contribution in [0.5, 0.6) is 0 Å². The molecule has 9 heteroatoms. The van der Waals surface area contributed by atoms with Gasteiger partial charge in [0.05, 0.1) is 5.75 Å². The molecule has 0 spiro atoms. The van der Waals surface area contributed by atoms with Crippen molar-refractivity contribution in [1.82, 2.24) is 10.2 Å².